The number of carbonyl (C=O) groups excluding carboxylic acids is 2. The molecule has 0 radical (unpaired) electrons. The summed E-state index contributed by atoms with van der Waals surface area (Å²) in [7, 11) is 0. The standard InChI is InChI=1S/C20H22IN3O3/c21-16-5-3-4-15(14-16)19(25)23-18-7-2-1-6-17(18)20(26)22-8-9-24-10-12-27-13-11-24/h1-7,14H,8-13H2,(H,22,26)(H,23,25)/p+1. The van der Waals surface area contributed by atoms with Crippen molar-refractivity contribution in [2.45, 2.75) is 0 Å². The first-order valence-corrected chi connectivity index (χ1v) is 10.1. The van der Waals surface area contributed by atoms with Gasteiger partial charge < -0.3 is 20.3 Å². The molecule has 0 saturated carbocycles. The van der Waals surface area contributed by atoms with Crippen molar-refractivity contribution in [1.82, 2.24) is 5.32 Å². The van der Waals surface area contributed by atoms with Gasteiger partial charge in [0.1, 0.15) is 13.1 Å². The van der Waals surface area contributed by atoms with Crippen LogP contribution in [-0.2, 0) is 4.74 Å². The summed E-state index contributed by atoms with van der Waals surface area (Å²) in [4.78, 5) is 26.5. The molecule has 0 spiro atoms. The molecule has 1 heterocycles. The second-order valence-corrected chi connectivity index (χ2v) is 7.62. The monoisotopic (exact) mass is 480 g/mol. The van der Waals surface area contributed by atoms with Gasteiger partial charge in [0.05, 0.1) is 37.6 Å². The van der Waals surface area contributed by atoms with Crippen molar-refractivity contribution < 1.29 is 19.2 Å². The predicted molar refractivity (Wildman–Crippen MR) is 112 cm³/mol. The van der Waals surface area contributed by atoms with Crippen LogP contribution in [0.5, 0.6) is 0 Å². The molecule has 1 saturated heterocycles. The van der Waals surface area contributed by atoms with Crippen LogP contribution >= 0.6 is 22.6 Å². The number of halogens is 1. The summed E-state index contributed by atoms with van der Waals surface area (Å²) in [6, 6.07) is 14.4. The molecule has 3 N–H and O–H groups in total. The number of carbonyl (C=O) groups is 2. The molecule has 142 valence electrons. The van der Waals surface area contributed by atoms with Crippen molar-refractivity contribution >= 4 is 40.1 Å². The fourth-order valence-corrected chi connectivity index (χ4v) is 3.52. The lowest BCUT2D eigenvalue weighted by Gasteiger charge is -2.23. The number of hydrogen-bond donors (Lipinski definition) is 3. The van der Waals surface area contributed by atoms with Crippen LogP contribution in [0.4, 0.5) is 5.69 Å². The molecule has 0 atom stereocenters. The smallest absolute Gasteiger partial charge is 0.255 e. The summed E-state index contributed by atoms with van der Waals surface area (Å²) in [6.45, 7) is 4.95. The highest BCUT2D eigenvalue weighted by Crippen LogP contribution is 2.17. The Morgan fingerprint density at radius 1 is 1.04 bits per heavy atom. The number of nitrogens with one attached hydrogen (secondary N) is 3. The number of quaternary nitrogens is 1. The second kappa shape index (κ2) is 9.82. The minimum absolute atomic E-state index is 0.179. The predicted octanol–water partition coefficient (Wildman–Crippen LogP) is 1.19. The Morgan fingerprint density at radius 2 is 1.81 bits per heavy atom. The topological polar surface area (TPSA) is 71.9 Å². The number of morpholine rings is 1. The molecule has 2 amide bonds. The molecular formula is C20H23IN3O3+. The molecule has 0 aliphatic carbocycles. The molecule has 0 aromatic heterocycles. The van der Waals surface area contributed by atoms with Gasteiger partial charge in [-0.25, -0.2) is 0 Å². The Bertz CT molecular complexity index is 807. The first kappa shape index (κ1) is 19.8. The molecular weight excluding hydrogens is 457 g/mol. The van der Waals surface area contributed by atoms with Crippen LogP contribution in [-0.4, -0.2) is 51.2 Å². The summed E-state index contributed by atoms with van der Waals surface area (Å²) in [5.74, 6) is -0.410. The number of anilines is 1. The van der Waals surface area contributed by atoms with Gasteiger partial charge in [-0.05, 0) is 52.9 Å². The third-order valence-corrected chi connectivity index (χ3v) is 5.14. The molecule has 6 nitrogen and oxygen atoms in total. The minimum atomic E-state index is -0.230. The molecule has 0 bridgehead atoms. The zero-order valence-corrected chi connectivity index (χ0v) is 17.1. The van der Waals surface area contributed by atoms with E-state index in [1.165, 1.54) is 4.90 Å². The Labute approximate surface area is 172 Å². The number of hydrogen-bond acceptors (Lipinski definition) is 3. The Morgan fingerprint density at radius 3 is 2.59 bits per heavy atom. The minimum Gasteiger partial charge on any atom is -0.370 e. The van der Waals surface area contributed by atoms with Gasteiger partial charge in [-0.1, -0.05) is 18.2 Å². The van der Waals surface area contributed by atoms with E-state index in [4.69, 9.17) is 4.74 Å². The normalized spacial score (nSPS) is 14.6. The number of amides is 2. The van der Waals surface area contributed by atoms with E-state index in [2.05, 4.69) is 33.2 Å². The highest BCUT2D eigenvalue weighted by Gasteiger charge is 2.16. The van der Waals surface area contributed by atoms with Gasteiger partial charge >= 0.3 is 0 Å². The van der Waals surface area contributed by atoms with E-state index >= 15 is 0 Å². The van der Waals surface area contributed by atoms with Crippen LogP contribution in [0, 0.1) is 3.57 Å². The van der Waals surface area contributed by atoms with Crippen LogP contribution < -0.4 is 15.5 Å². The van der Waals surface area contributed by atoms with E-state index in [0.29, 0.717) is 23.4 Å². The maximum atomic E-state index is 12.6. The molecule has 3 rings (SSSR count). The van der Waals surface area contributed by atoms with E-state index in [-0.39, 0.29) is 11.8 Å². The van der Waals surface area contributed by atoms with E-state index in [1.54, 1.807) is 30.3 Å². The van der Waals surface area contributed by atoms with Crippen LogP contribution in [0.15, 0.2) is 48.5 Å². The van der Waals surface area contributed by atoms with Crippen LogP contribution in [0.2, 0.25) is 0 Å². The summed E-state index contributed by atoms with van der Waals surface area (Å²) in [5.41, 5.74) is 1.54. The van der Waals surface area contributed by atoms with E-state index in [9.17, 15) is 9.59 Å². The molecule has 27 heavy (non-hydrogen) atoms. The number of para-hydroxylation sites is 1. The summed E-state index contributed by atoms with van der Waals surface area (Å²) in [6.07, 6.45) is 0. The van der Waals surface area contributed by atoms with E-state index in [0.717, 1.165) is 36.4 Å². The van der Waals surface area contributed by atoms with Crippen molar-refractivity contribution in [3.05, 3.63) is 63.2 Å². The first-order valence-electron chi connectivity index (χ1n) is 8.99. The number of rotatable bonds is 6. The maximum Gasteiger partial charge on any atom is 0.255 e. The largest absolute Gasteiger partial charge is 0.370 e. The molecule has 0 unspecified atom stereocenters. The van der Waals surface area contributed by atoms with Gasteiger partial charge in [0.2, 0.25) is 0 Å². The zero-order valence-electron chi connectivity index (χ0n) is 15.0. The van der Waals surface area contributed by atoms with Crippen molar-refractivity contribution in [3.63, 3.8) is 0 Å². The number of benzene rings is 2. The second-order valence-electron chi connectivity index (χ2n) is 6.38. The molecule has 1 fully saturated rings. The molecule has 1 aliphatic heterocycles. The average molecular weight is 480 g/mol. The highest BCUT2D eigenvalue weighted by atomic mass is 127. The lowest BCUT2D eigenvalue weighted by molar-refractivity contribution is -0.906. The van der Waals surface area contributed by atoms with Crippen molar-refractivity contribution in [1.29, 1.82) is 0 Å². The van der Waals surface area contributed by atoms with Gasteiger partial charge in [-0.2, -0.15) is 0 Å². The lowest BCUT2D eigenvalue weighted by atomic mass is 10.1. The quantitative estimate of drug-likeness (QED) is 0.545. The fraction of sp³-hybridized carbons (Fsp3) is 0.300. The lowest BCUT2D eigenvalue weighted by Crippen LogP contribution is -3.14. The van der Waals surface area contributed by atoms with Crippen molar-refractivity contribution in [2.24, 2.45) is 0 Å². The van der Waals surface area contributed by atoms with Gasteiger partial charge in [-0.15, -0.1) is 0 Å². The van der Waals surface area contributed by atoms with E-state index < -0.39 is 0 Å². The van der Waals surface area contributed by atoms with Gasteiger partial charge in [-0.3, -0.25) is 9.59 Å². The van der Waals surface area contributed by atoms with Gasteiger partial charge in [0.25, 0.3) is 11.8 Å². The van der Waals surface area contributed by atoms with Crippen LogP contribution in [0.1, 0.15) is 20.7 Å². The summed E-state index contributed by atoms with van der Waals surface area (Å²) < 4.78 is 6.33. The Kier molecular flexibility index (Phi) is 7.19. The van der Waals surface area contributed by atoms with Crippen LogP contribution in [0.25, 0.3) is 0 Å². The Hall–Kier alpha value is -1.97. The van der Waals surface area contributed by atoms with Gasteiger partial charge in [0.15, 0.2) is 0 Å². The third kappa shape index (κ3) is 5.75. The summed E-state index contributed by atoms with van der Waals surface area (Å²) in [5, 5.41) is 5.81. The SMILES string of the molecule is O=C(Nc1ccccc1C(=O)NCC[NH+]1CCOCC1)c1cccc(I)c1. The maximum absolute atomic E-state index is 12.6. The Balaban J connectivity index is 1.60. The fourth-order valence-electron chi connectivity index (χ4n) is 2.97. The highest BCUT2D eigenvalue weighted by molar-refractivity contribution is 14.1. The molecule has 7 heteroatoms. The molecule has 1 aliphatic rings. The zero-order chi connectivity index (χ0) is 19.1. The average Bonchev–Trinajstić information content (AvgIpc) is 2.69. The van der Waals surface area contributed by atoms with Gasteiger partial charge in [0, 0.05) is 9.13 Å². The summed E-state index contributed by atoms with van der Waals surface area (Å²) >= 11 is 2.17. The van der Waals surface area contributed by atoms with Crippen molar-refractivity contribution in [2.75, 3.05) is 44.7 Å². The van der Waals surface area contributed by atoms with Crippen LogP contribution in [0.3, 0.4) is 0 Å². The molecule has 2 aromatic carbocycles. The third-order valence-electron chi connectivity index (χ3n) is 4.47. The first-order chi connectivity index (χ1) is 13.1. The number of ether oxygens (including phenoxy) is 1. The van der Waals surface area contributed by atoms with Crippen molar-refractivity contribution in [3.8, 4) is 0 Å². The van der Waals surface area contributed by atoms with E-state index in [1.807, 2.05) is 18.2 Å². The molecule has 2 aromatic rings.